The summed E-state index contributed by atoms with van der Waals surface area (Å²) in [5.74, 6) is 0.443. The molecule has 1 amide bonds. The van der Waals surface area contributed by atoms with Gasteiger partial charge in [0.2, 0.25) is 5.95 Å². The minimum Gasteiger partial charge on any atom is -0.348 e. The Hall–Kier alpha value is -2.43. The van der Waals surface area contributed by atoms with Crippen molar-refractivity contribution in [3.8, 4) is 0 Å². The number of nitrogens with zero attached hydrogens (tertiary/aromatic N) is 3. The molecule has 1 heterocycles. The van der Waals surface area contributed by atoms with Crippen LogP contribution in [0.5, 0.6) is 0 Å². The number of anilines is 1. The van der Waals surface area contributed by atoms with Crippen LogP contribution in [0.4, 0.5) is 5.95 Å². The molecule has 1 aromatic carbocycles. The summed E-state index contributed by atoms with van der Waals surface area (Å²) in [6.07, 6.45) is 1.57. The minimum absolute atomic E-state index is 0.156. The fraction of sp³-hybridized carbons (Fsp3) is 0.267. The van der Waals surface area contributed by atoms with Gasteiger partial charge in [0, 0.05) is 26.8 Å². The number of aromatic nitrogens is 2. The average Bonchev–Trinajstić information content (AvgIpc) is 2.45. The molecule has 0 fully saturated rings. The lowest BCUT2D eigenvalue weighted by Gasteiger charge is -2.12. The first-order valence-corrected chi connectivity index (χ1v) is 6.41. The zero-order chi connectivity index (χ0) is 14.5. The average molecular weight is 270 g/mol. The van der Waals surface area contributed by atoms with Gasteiger partial charge in [-0.05, 0) is 12.5 Å². The van der Waals surface area contributed by atoms with Gasteiger partial charge in [-0.15, -0.1) is 0 Å². The third-order valence-corrected chi connectivity index (χ3v) is 2.91. The Balaban J connectivity index is 2.06. The van der Waals surface area contributed by atoms with Gasteiger partial charge < -0.3 is 10.2 Å². The van der Waals surface area contributed by atoms with Crippen LogP contribution in [0.1, 0.15) is 21.6 Å². The lowest BCUT2D eigenvalue weighted by atomic mass is 10.2. The van der Waals surface area contributed by atoms with Crippen LogP contribution < -0.4 is 10.2 Å². The molecule has 0 aliphatic heterocycles. The number of nitrogens with one attached hydrogen (secondary N) is 1. The van der Waals surface area contributed by atoms with Crippen molar-refractivity contribution in [3.63, 3.8) is 0 Å². The van der Waals surface area contributed by atoms with Gasteiger partial charge in [-0.2, -0.15) is 0 Å². The van der Waals surface area contributed by atoms with Gasteiger partial charge in [-0.1, -0.05) is 30.3 Å². The normalized spacial score (nSPS) is 10.2. The number of rotatable bonds is 4. The highest BCUT2D eigenvalue weighted by Crippen LogP contribution is 2.09. The zero-order valence-corrected chi connectivity index (χ0v) is 11.9. The second-order valence-corrected chi connectivity index (χ2v) is 4.73. The Bertz CT molecular complexity index is 596. The van der Waals surface area contributed by atoms with E-state index in [0.717, 1.165) is 5.56 Å². The molecule has 104 valence electrons. The Morgan fingerprint density at radius 1 is 1.25 bits per heavy atom. The molecule has 0 saturated carbocycles. The van der Waals surface area contributed by atoms with Crippen molar-refractivity contribution in [2.75, 3.05) is 19.0 Å². The fourth-order valence-corrected chi connectivity index (χ4v) is 1.77. The topological polar surface area (TPSA) is 58.1 Å². The zero-order valence-electron chi connectivity index (χ0n) is 11.9. The molecule has 2 rings (SSSR count). The van der Waals surface area contributed by atoms with Crippen LogP contribution in [0.3, 0.4) is 0 Å². The summed E-state index contributed by atoms with van der Waals surface area (Å²) in [6.45, 7) is 2.31. The van der Waals surface area contributed by atoms with Crippen LogP contribution in [-0.4, -0.2) is 30.0 Å². The molecule has 0 aliphatic rings. The van der Waals surface area contributed by atoms with E-state index in [2.05, 4.69) is 15.3 Å². The Morgan fingerprint density at radius 2 is 1.95 bits per heavy atom. The van der Waals surface area contributed by atoms with Crippen LogP contribution in [-0.2, 0) is 6.54 Å². The van der Waals surface area contributed by atoms with Crippen molar-refractivity contribution >= 4 is 11.9 Å². The Kier molecular flexibility index (Phi) is 4.30. The van der Waals surface area contributed by atoms with Gasteiger partial charge in [-0.25, -0.2) is 9.97 Å². The van der Waals surface area contributed by atoms with E-state index >= 15 is 0 Å². The summed E-state index contributed by atoms with van der Waals surface area (Å²) in [5.41, 5.74) is 2.24. The van der Waals surface area contributed by atoms with Crippen molar-refractivity contribution in [2.45, 2.75) is 13.5 Å². The smallest absolute Gasteiger partial charge is 0.254 e. The molecule has 0 saturated heterocycles. The molecule has 0 atom stereocenters. The molecule has 1 aromatic heterocycles. The number of hydrogen-bond donors (Lipinski definition) is 1. The molecular weight excluding hydrogens is 252 g/mol. The number of carbonyl (C=O) groups excluding carboxylic acids is 1. The van der Waals surface area contributed by atoms with E-state index in [-0.39, 0.29) is 5.91 Å². The van der Waals surface area contributed by atoms with E-state index < -0.39 is 0 Å². The molecule has 1 N–H and O–H groups in total. The van der Waals surface area contributed by atoms with Gasteiger partial charge in [0.15, 0.2) is 0 Å². The van der Waals surface area contributed by atoms with E-state index in [1.165, 1.54) is 0 Å². The van der Waals surface area contributed by atoms with Gasteiger partial charge in [0.05, 0.1) is 11.3 Å². The quantitative estimate of drug-likeness (QED) is 0.920. The molecule has 0 unspecified atom stereocenters. The van der Waals surface area contributed by atoms with Crippen LogP contribution in [0, 0.1) is 6.92 Å². The van der Waals surface area contributed by atoms with Gasteiger partial charge in [0.1, 0.15) is 0 Å². The summed E-state index contributed by atoms with van der Waals surface area (Å²) in [6, 6.07) is 9.78. The summed E-state index contributed by atoms with van der Waals surface area (Å²) in [7, 11) is 3.73. The summed E-state index contributed by atoms with van der Waals surface area (Å²) >= 11 is 0. The maximum atomic E-state index is 12.1. The number of amides is 1. The summed E-state index contributed by atoms with van der Waals surface area (Å²) in [5, 5.41) is 2.87. The standard InChI is InChI=1S/C15H18N4O/c1-11-13(10-17-15(18-11)19(2)3)14(20)16-9-12-7-5-4-6-8-12/h4-8,10H,9H2,1-3H3,(H,16,20). The first kappa shape index (κ1) is 14.0. The highest BCUT2D eigenvalue weighted by atomic mass is 16.1. The molecular formula is C15H18N4O. The third-order valence-electron chi connectivity index (χ3n) is 2.91. The first-order valence-electron chi connectivity index (χ1n) is 6.41. The maximum Gasteiger partial charge on any atom is 0.254 e. The minimum atomic E-state index is -0.156. The highest BCUT2D eigenvalue weighted by molar-refractivity contribution is 5.94. The molecule has 0 spiro atoms. The van der Waals surface area contributed by atoms with Crippen molar-refractivity contribution in [3.05, 3.63) is 53.3 Å². The summed E-state index contributed by atoms with van der Waals surface area (Å²) in [4.78, 5) is 22.4. The number of hydrogen-bond acceptors (Lipinski definition) is 4. The number of aryl methyl sites for hydroxylation is 1. The largest absolute Gasteiger partial charge is 0.348 e. The van der Waals surface area contributed by atoms with E-state index in [0.29, 0.717) is 23.8 Å². The van der Waals surface area contributed by atoms with Crippen molar-refractivity contribution in [1.82, 2.24) is 15.3 Å². The highest BCUT2D eigenvalue weighted by Gasteiger charge is 2.12. The van der Waals surface area contributed by atoms with Crippen LogP contribution in [0.25, 0.3) is 0 Å². The van der Waals surface area contributed by atoms with Gasteiger partial charge in [0.25, 0.3) is 5.91 Å². The summed E-state index contributed by atoms with van der Waals surface area (Å²) < 4.78 is 0. The van der Waals surface area contributed by atoms with Crippen molar-refractivity contribution < 1.29 is 4.79 Å². The number of benzene rings is 1. The lowest BCUT2D eigenvalue weighted by Crippen LogP contribution is -2.25. The Morgan fingerprint density at radius 3 is 2.55 bits per heavy atom. The van der Waals surface area contributed by atoms with E-state index in [4.69, 9.17) is 0 Å². The van der Waals surface area contributed by atoms with Crippen molar-refractivity contribution in [2.24, 2.45) is 0 Å². The van der Waals surface area contributed by atoms with E-state index in [1.54, 1.807) is 11.1 Å². The molecule has 5 heteroatoms. The second kappa shape index (κ2) is 6.14. The van der Waals surface area contributed by atoms with Crippen LogP contribution in [0.2, 0.25) is 0 Å². The monoisotopic (exact) mass is 270 g/mol. The molecule has 5 nitrogen and oxygen atoms in total. The van der Waals surface area contributed by atoms with Gasteiger partial charge in [-0.3, -0.25) is 4.79 Å². The number of carbonyl (C=O) groups is 1. The van der Waals surface area contributed by atoms with Crippen LogP contribution >= 0.6 is 0 Å². The van der Waals surface area contributed by atoms with E-state index in [1.807, 2.05) is 51.4 Å². The molecule has 0 bridgehead atoms. The Labute approximate surface area is 118 Å². The second-order valence-electron chi connectivity index (χ2n) is 4.73. The van der Waals surface area contributed by atoms with Gasteiger partial charge >= 0.3 is 0 Å². The molecule has 2 aromatic rings. The van der Waals surface area contributed by atoms with E-state index in [9.17, 15) is 4.79 Å². The molecule has 20 heavy (non-hydrogen) atoms. The predicted octanol–water partition coefficient (Wildman–Crippen LogP) is 1.78. The molecule has 0 radical (unpaired) electrons. The van der Waals surface area contributed by atoms with Crippen LogP contribution in [0.15, 0.2) is 36.5 Å². The first-order chi connectivity index (χ1) is 9.58. The van der Waals surface area contributed by atoms with Crippen molar-refractivity contribution in [1.29, 1.82) is 0 Å². The molecule has 0 aliphatic carbocycles. The SMILES string of the molecule is Cc1nc(N(C)C)ncc1C(=O)NCc1ccccc1. The lowest BCUT2D eigenvalue weighted by molar-refractivity contribution is 0.0949. The predicted molar refractivity (Wildman–Crippen MR) is 78.7 cm³/mol. The maximum absolute atomic E-state index is 12.1. The third kappa shape index (κ3) is 3.32. The fourth-order valence-electron chi connectivity index (χ4n) is 1.77.